The monoisotopic (exact) mass is 379 g/mol. The second-order valence-electron chi connectivity index (χ2n) is 6.14. The van der Waals surface area contributed by atoms with Gasteiger partial charge in [0.2, 0.25) is 10.0 Å². The molecule has 9 heteroatoms. The Hall–Kier alpha value is -1.35. The van der Waals surface area contributed by atoms with E-state index >= 15 is 0 Å². The van der Waals surface area contributed by atoms with E-state index in [1.807, 2.05) is 0 Å². The van der Waals surface area contributed by atoms with Crippen molar-refractivity contribution < 1.29 is 27.8 Å². The first kappa shape index (κ1) is 20.7. The van der Waals surface area contributed by atoms with E-state index < -0.39 is 44.4 Å². The predicted molar refractivity (Wildman–Crippen MR) is 89.5 cm³/mol. The number of carbonyl (C=O) groups is 1. The van der Waals surface area contributed by atoms with Crippen molar-refractivity contribution in [1.29, 1.82) is 0 Å². The van der Waals surface area contributed by atoms with Gasteiger partial charge >= 0.3 is 5.97 Å². The number of ether oxygens (including phenoxy) is 2. The fraction of sp³-hybridized carbons (Fsp3) is 0.533. The molecule has 0 aliphatic carbocycles. The summed E-state index contributed by atoms with van der Waals surface area (Å²) in [7, 11) is -3.09. The first-order chi connectivity index (χ1) is 10.9. The molecule has 0 saturated heterocycles. The number of benzene rings is 1. The van der Waals surface area contributed by atoms with E-state index in [9.17, 15) is 18.3 Å². The lowest BCUT2D eigenvalue weighted by Crippen LogP contribution is -2.50. The molecular formula is C15H22ClNO6S. The Morgan fingerprint density at radius 1 is 1.33 bits per heavy atom. The van der Waals surface area contributed by atoms with Crippen LogP contribution in [0.25, 0.3) is 0 Å². The van der Waals surface area contributed by atoms with Crippen molar-refractivity contribution in [3.8, 4) is 5.75 Å². The van der Waals surface area contributed by atoms with Gasteiger partial charge in [0, 0.05) is 0 Å². The number of aromatic hydroxyl groups is 1. The van der Waals surface area contributed by atoms with E-state index in [1.165, 1.54) is 18.2 Å². The minimum Gasteiger partial charge on any atom is -0.505 e. The standard InChI is InChI=1S/C15H22ClNO6S/c1-9(23-15(2,3)4)12(14(19)22-5)17-24(20,21)11-8-6-7-10(16)13(11)18/h6-9,12,17-18H,1-5H3/t9-,12+/m0/s1. The number of rotatable bonds is 6. The van der Waals surface area contributed by atoms with Crippen molar-refractivity contribution in [2.45, 2.75) is 50.3 Å². The van der Waals surface area contributed by atoms with Crippen molar-refractivity contribution in [1.82, 2.24) is 4.72 Å². The van der Waals surface area contributed by atoms with Crippen molar-refractivity contribution in [2.75, 3.05) is 7.11 Å². The van der Waals surface area contributed by atoms with Crippen molar-refractivity contribution in [2.24, 2.45) is 0 Å². The molecular weight excluding hydrogens is 358 g/mol. The summed E-state index contributed by atoms with van der Waals surface area (Å²) in [6, 6.07) is 2.60. The summed E-state index contributed by atoms with van der Waals surface area (Å²) in [5, 5.41) is 9.75. The Kier molecular flexibility index (Phi) is 6.63. The topological polar surface area (TPSA) is 102 Å². The summed E-state index contributed by atoms with van der Waals surface area (Å²) in [4.78, 5) is 11.5. The maximum atomic E-state index is 12.5. The molecule has 0 bridgehead atoms. The summed E-state index contributed by atoms with van der Waals surface area (Å²) in [6.45, 7) is 6.87. The number of esters is 1. The lowest BCUT2D eigenvalue weighted by molar-refractivity contribution is -0.149. The van der Waals surface area contributed by atoms with Crippen LogP contribution >= 0.6 is 11.6 Å². The van der Waals surface area contributed by atoms with Gasteiger partial charge in [0.05, 0.1) is 23.8 Å². The molecule has 2 N–H and O–H groups in total. The Balaban J connectivity index is 3.18. The van der Waals surface area contributed by atoms with Gasteiger partial charge < -0.3 is 14.6 Å². The van der Waals surface area contributed by atoms with Gasteiger partial charge in [-0.1, -0.05) is 17.7 Å². The SMILES string of the molecule is COC(=O)[C@H](NS(=O)(=O)c1cccc(Cl)c1O)[C@H](C)OC(C)(C)C. The van der Waals surface area contributed by atoms with Crippen molar-refractivity contribution in [3.05, 3.63) is 23.2 Å². The minimum absolute atomic E-state index is 0.119. The summed E-state index contributed by atoms with van der Waals surface area (Å²) < 4.78 is 37.5. The highest BCUT2D eigenvalue weighted by Gasteiger charge is 2.35. The van der Waals surface area contributed by atoms with E-state index in [0.717, 1.165) is 7.11 Å². The van der Waals surface area contributed by atoms with E-state index in [2.05, 4.69) is 9.46 Å². The first-order valence-corrected chi connectivity index (χ1v) is 9.00. The van der Waals surface area contributed by atoms with Crippen LogP contribution in [0.15, 0.2) is 23.1 Å². The Labute approximate surface area is 147 Å². The van der Waals surface area contributed by atoms with Gasteiger partial charge in [-0.3, -0.25) is 4.79 Å². The summed E-state index contributed by atoms with van der Waals surface area (Å²) in [5.41, 5.74) is -0.602. The van der Waals surface area contributed by atoms with Crippen LogP contribution in [0.5, 0.6) is 5.75 Å². The van der Waals surface area contributed by atoms with Crippen LogP contribution in [0.4, 0.5) is 0 Å². The molecule has 1 aromatic rings. The average molecular weight is 380 g/mol. The van der Waals surface area contributed by atoms with Crippen LogP contribution in [-0.4, -0.2) is 44.4 Å². The van der Waals surface area contributed by atoms with Crippen molar-refractivity contribution >= 4 is 27.6 Å². The number of hydrogen-bond donors (Lipinski definition) is 2. The lowest BCUT2D eigenvalue weighted by atomic mass is 10.1. The van der Waals surface area contributed by atoms with E-state index in [1.54, 1.807) is 27.7 Å². The highest BCUT2D eigenvalue weighted by atomic mass is 35.5. The van der Waals surface area contributed by atoms with Gasteiger partial charge in [-0.2, -0.15) is 4.72 Å². The maximum absolute atomic E-state index is 12.5. The van der Waals surface area contributed by atoms with Crippen LogP contribution < -0.4 is 4.72 Å². The number of phenols is 1. The third-order valence-corrected chi connectivity index (χ3v) is 4.76. The van der Waals surface area contributed by atoms with Crippen LogP contribution in [0.3, 0.4) is 0 Å². The maximum Gasteiger partial charge on any atom is 0.326 e. The summed E-state index contributed by atoms with van der Waals surface area (Å²) >= 11 is 5.74. The number of phenolic OH excluding ortho intramolecular Hbond substituents is 1. The molecule has 7 nitrogen and oxygen atoms in total. The highest BCUT2D eigenvalue weighted by molar-refractivity contribution is 7.89. The van der Waals surface area contributed by atoms with E-state index in [4.69, 9.17) is 16.3 Å². The molecule has 24 heavy (non-hydrogen) atoms. The molecule has 136 valence electrons. The van der Waals surface area contributed by atoms with Crippen LogP contribution in [-0.2, 0) is 24.3 Å². The molecule has 0 spiro atoms. The van der Waals surface area contributed by atoms with Crippen LogP contribution in [0.1, 0.15) is 27.7 Å². The number of nitrogens with one attached hydrogen (secondary N) is 1. The molecule has 0 saturated carbocycles. The lowest BCUT2D eigenvalue weighted by Gasteiger charge is -2.29. The van der Waals surface area contributed by atoms with Gasteiger partial charge in [-0.15, -0.1) is 0 Å². The molecule has 0 radical (unpaired) electrons. The normalized spacial score (nSPS) is 14.9. The van der Waals surface area contributed by atoms with Crippen LogP contribution in [0.2, 0.25) is 5.02 Å². The Bertz CT molecular complexity index is 698. The number of methoxy groups -OCH3 is 1. The zero-order chi connectivity index (χ0) is 18.7. The molecule has 1 rings (SSSR count). The molecule has 1 aromatic carbocycles. The molecule has 0 fully saturated rings. The quantitative estimate of drug-likeness (QED) is 0.733. The Morgan fingerprint density at radius 3 is 2.42 bits per heavy atom. The molecule has 2 atom stereocenters. The molecule has 0 aliphatic rings. The number of para-hydroxylation sites is 1. The van der Waals surface area contributed by atoms with Gasteiger partial charge in [0.1, 0.15) is 10.9 Å². The zero-order valence-electron chi connectivity index (χ0n) is 14.2. The third-order valence-electron chi connectivity index (χ3n) is 2.99. The largest absolute Gasteiger partial charge is 0.505 e. The second-order valence-corrected chi connectivity index (χ2v) is 8.23. The average Bonchev–Trinajstić information content (AvgIpc) is 2.44. The van der Waals surface area contributed by atoms with E-state index in [-0.39, 0.29) is 5.02 Å². The fourth-order valence-electron chi connectivity index (χ4n) is 2.03. The first-order valence-electron chi connectivity index (χ1n) is 7.14. The third kappa shape index (κ3) is 5.34. The summed E-state index contributed by atoms with van der Waals surface area (Å²) in [5.74, 6) is -1.41. The van der Waals surface area contributed by atoms with Gasteiger partial charge in [0.15, 0.2) is 5.75 Å². The number of carbonyl (C=O) groups excluding carboxylic acids is 1. The van der Waals surface area contributed by atoms with E-state index in [0.29, 0.717) is 0 Å². The molecule has 0 amide bonds. The molecule has 0 heterocycles. The van der Waals surface area contributed by atoms with Crippen molar-refractivity contribution in [3.63, 3.8) is 0 Å². The van der Waals surface area contributed by atoms with Gasteiger partial charge in [-0.25, -0.2) is 8.42 Å². The van der Waals surface area contributed by atoms with Crippen LogP contribution in [0, 0.1) is 0 Å². The number of hydrogen-bond acceptors (Lipinski definition) is 6. The number of sulfonamides is 1. The molecule has 0 aliphatic heterocycles. The number of halogens is 1. The predicted octanol–water partition coefficient (Wildman–Crippen LogP) is 2.07. The smallest absolute Gasteiger partial charge is 0.326 e. The molecule has 0 aromatic heterocycles. The Morgan fingerprint density at radius 2 is 1.92 bits per heavy atom. The summed E-state index contributed by atoms with van der Waals surface area (Å²) in [6.07, 6.45) is -0.812. The van der Waals surface area contributed by atoms with Gasteiger partial charge in [0.25, 0.3) is 0 Å². The fourth-order valence-corrected chi connectivity index (χ4v) is 3.63. The molecule has 0 unspecified atom stereocenters. The minimum atomic E-state index is -4.23. The van der Waals surface area contributed by atoms with Gasteiger partial charge in [-0.05, 0) is 39.8 Å². The zero-order valence-corrected chi connectivity index (χ0v) is 15.7. The second kappa shape index (κ2) is 7.69. The highest BCUT2D eigenvalue weighted by Crippen LogP contribution is 2.30.